The van der Waals surface area contributed by atoms with Crippen LogP contribution in [-0.2, 0) is 0 Å². The van der Waals surface area contributed by atoms with Crippen molar-refractivity contribution in [3.05, 3.63) is 181 Å². The van der Waals surface area contributed by atoms with E-state index in [1.165, 1.54) is 76.8 Å². The van der Waals surface area contributed by atoms with E-state index in [0.29, 0.717) is 0 Å². The first-order valence-electron chi connectivity index (χ1n) is 15.5. The van der Waals surface area contributed by atoms with Crippen molar-refractivity contribution in [2.75, 3.05) is 0 Å². The molecule has 0 aliphatic heterocycles. The van der Waals surface area contributed by atoms with E-state index in [0.717, 1.165) is 0 Å². The standard InChI is InChI=1S/C44H30/c1-2-13-29(14-3-1)30-16-12-17-31(25-30)40-27-42-38-23-10-11-24-39(38)43(28-44(42)37-22-9-7-20-35(37)40)41-26-32-15-4-5-18-33(32)34-19-6-8-21-36(34)41/h1-28,38-39H. The molecule has 0 spiro atoms. The predicted octanol–water partition coefficient (Wildman–Crippen LogP) is 11.9. The Morgan fingerprint density at radius 1 is 0.386 bits per heavy atom. The highest BCUT2D eigenvalue weighted by molar-refractivity contribution is 6.14. The van der Waals surface area contributed by atoms with Gasteiger partial charge in [-0.2, -0.15) is 0 Å². The van der Waals surface area contributed by atoms with Crippen LogP contribution in [0, 0.1) is 5.92 Å². The van der Waals surface area contributed by atoms with Gasteiger partial charge in [-0.25, -0.2) is 0 Å². The molecule has 0 saturated carbocycles. The summed E-state index contributed by atoms with van der Waals surface area (Å²) in [5, 5.41) is 7.85. The Morgan fingerprint density at radius 3 is 1.82 bits per heavy atom. The average molecular weight is 559 g/mol. The van der Waals surface area contributed by atoms with Crippen LogP contribution < -0.4 is 0 Å². The molecule has 7 aromatic carbocycles. The highest BCUT2D eigenvalue weighted by Crippen LogP contribution is 2.51. The third-order valence-corrected chi connectivity index (χ3v) is 9.63. The van der Waals surface area contributed by atoms with Crippen LogP contribution in [0.1, 0.15) is 22.6 Å². The molecule has 0 N–H and O–H groups in total. The van der Waals surface area contributed by atoms with Crippen LogP contribution in [0.15, 0.2) is 164 Å². The van der Waals surface area contributed by atoms with Crippen molar-refractivity contribution in [2.45, 2.75) is 5.92 Å². The molecule has 0 nitrogen and oxygen atoms in total. The van der Waals surface area contributed by atoms with Crippen LogP contribution in [-0.4, -0.2) is 0 Å². The summed E-state index contributed by atoms with van der Waals surface area (Å²) in [5.74, 6) is 0.530. The van der Waals surface area contributed by atoms with Crippen LogP contribution in [0.25, 0.3) is 66.2 Å². The van der Waals surface area contributed by atoms with Gasteiger partial charge in [-0.05, 0) is 101 Å². The van der Waals surface area contributed by atoms with Crippen LogP contribution >= 0.6 is 0 Å². The molecule has 0 heterocycles. The maximum atomic E-state index is 2.50. The molecule has 206 valence electrons. The van der Waals surface area contributed by atoms with Gasteiger partial charge in [0.1, 0.15) is 0 Å². The molecule has 44 heavy (non-hydrogen) atoms. The molecule has 0 aromatic heterocycles. The van der Waals surface area contributed by atoms with Crippen molar-refractivity contribution in [3.8, 4) is 22.3 Å². The second-order valence-corrected chi connectivity index (χ2v) is 12.0. The van der Waals surface area contributed by atoms with E-state index in [-0.39, 0.29) is 11.8 Å². The van der Waals surface area contributed by atoms with E-state index in [9.17, 15) is 0 Å². The van der Waals surface area contributed by atoms with Gasteiger partial charge in [0.25, 0.3) is 0 Å². The molecule has 2 atom stereocenters. The number of fused-ring (bicyclic) bond motifs is 8. The third-order valence-electron chi connectivity index (χ3n) is 9.63. The van der Waals surface area contributed by atoms with E-state index in [2.05, 4.69) is 170 Å². The lowest BCUT2D eigenvalue weighted by Gasteiger charge is -2.34. The van der Waals surface area contributed by atoms with Crippen molar-refractivity contribution >= 4 is 44.0 Å². The second kappa shape index (κ2) is 10.1. The van der Waals surface area contributed by atoms with E-state index < -0.39 is 0 Å². The van der Waals surface area contributed by atoms with Crippen molar-refractivity contribution in [1.82, 2.24) is 0 Å². The van der Waals surface area contributed by atoms with Crippen LogP contribution in [0.3, 0.4) is 0 Å². The summed E-state index contributed by atoms with van der Waals surface area (Å²) in [6.07, 6.45) is 11.8. The molecule has 0 bridgehead atoms. The fourth-order valence-corrected chi connectivity index (χ4v) is 7.60. The van der Waals surface area contributed by atoms with E-state index in [4.69, 9.17) is 0 Å². The largest absolute Gasteiger partial charge is 0.0761 e. The van der Waals surface area contributed by atoms with Crippen molar-refractivity contribution in [2.24, 2.45) is 5.92 Å². The zero-order valence-corrected chi connectivity index (χ0v) is 24.3. The first-order chi connectivity index (χ1) is 21.8. The Kier molecular flexibility index (Phi) is 5.74. The number of rotatable bonds is 3. The Hall–Kier alpha value is -5.46. The lowest BCUT2D eigenvalue weighted by molar-refractivity contribution is 0.711. The lowest BCUT2D eigenvalue weighted by Crippen LogP contribution is -2.18. The van der Waals surface area contributed by atoms with Gasteiger partial charge in [-0.15, -0.1) is 0 Å². The zero-order chi connectivity index (χ0) is 29.0. The molecule has 7 aromatic rings. The van der Waals surface area contributed by atoms with Gasteiger partial charge < -0.3 is 0 Å². The second-order valence-electron chi connectivity index (χ2n) is 12.0. The Bertz CT molecular complexity index is 2330. The minimum absolute atomic E-state index is 0.265. The first kappa shape index (κ1) is 25.1. The van der Waals surface area contributed by atoms with Crippen molar-refractivity contribution in [1.29, 1.82) is 0 Å². The van der Waals surface area contributed by atoms with Gasteiger partial charge >= 0.3 is 0 Å². The fraction of sp³-hybridized carbons (Fsp3) is 0.0455. The molecule has 2 unspecified atom stereocenters. The monoisotopic (exact) mass is 558 g/mol. The third kappa shape index (κ3) is 3.92. The molecular formula is C44H30. The molecule has 2 aliphatic carbocycles. The summed E-state index contributed by atoms with van der Waals surface area (Å²) in [5.41, 5.74) is 10.5. The Morgan fingerprint density at radius 2 is 1.00 bits per heavy atom. The SMILES string of the molecule is C1=CC2C(c3cc4ccccc4c4ccccc34)=Cc3c(cc(-c4cccc(-c5ccccc5)c4)c4ccccc34)C2C=C1. The molecule has 0 fully saturated rings. The maximum absolute atomic E-state index is 2.50. The van der Waals surface area contributed by atoms with Gasteiger partial charge in [0.05, 0.1) is 0 Å². The smallest absolute Gasteiger partial charge is 0.0131 e. The van der Waals surface area contributed by atoms with Gasteiger partial charge in [0.15, 0.2) is 0 Å². The number of benzene rings is 7. The van der Waals surface area contributed by atoms with E-state index >= 15 is 0 Å². The molecule has 0 radical (unpaired) electrons. The quantitative estimate of drug-likeness (QED) is 0.189. The predicted molar refractivity (Wildman–Crippen MR) is 189 cm³/mol. The summed E-state index contributed by atoms with van der Waals surface area (Å²) in [7, 11) is 0. The molecule has 0 saturated heterocycles. The fourth-order valence-electron chi connectivity index (χ4n) is 7.60. The lowest BCUT2D eigenvalue weighted by atomic mass is 9.69. The number of hydrogen-bond acceptors (Lipinski definition) is 0. The minimum Gasteiger partial charge on any atom is -0.0761 e. The van der Waals surface area contributed by atoms with Gasteiger partial charge in [0.2, 0.25) is 0 Å². The van der Waals surface area contributed by atoms with Crippen LogP contribution in [0.4, 0.5) is 0 Å². The highest BCUT2D eigenvalue weighted by atomic mass is 14.4. The molecular weight excluding hydrogens is 528 g/mol. The summed E-state index contributed by atoms with van der Waals surface area (Å²) in [4.78, 5) is 0. The van der Waals surface area contributed by atoms with E-state index in [1.807, 2.05) is 0 Å². The normalized spacial score (nSPS) is 17.0. The van der Waals surface area contributed by atoms with Gasteiger partial charge in [-0.3, -0.25) is 0 Å². The van der Waals surface area contributed by atoms with E-state index in [1.54, 1.807) is 0 Å². The summed E-state index contributed by atoms with van der Waals surface area (Å²) in [6, 6.07) is 51.3. The Labute approximate surface area is 257 Å². The zero-order valence-electron chi connectivity index (χ0n) is 24.3. The maximum Gasteiger partial charge on any atom is 0.0131 e. The average Bonchev–Trinajstić information content (AvgIpc) is 3.11. The highest BCUT2D eigenvalue weighted by Gasteiger charge is 2.32. The number of hydrogen-bond donors (Lipinski definition) is 0. The molecule has 9 rings (SSSR count). The minimum atomic E-state index is 0.265. The molecule has 0 heteroatoms. The van der Waals surface area contributed by atoms with Gasteiger partial charge in [0, 0.05) is 11.8 Å². The summed E-state index contributed by atoms with van der Waals surface area (Å²) in [6.45, 7) is 0. The van der Waals surface area contributed by atoms with Crippen molar-refractivity contribution in [3.63, 3.8) is 0 Å². The topological polar surface area (TPSA) is 0 Å². The molecule has 0 amide bonds. The molecule has 2 aliphatic rings. The number of allylic oxidation sites excluding steroid dienone is 5. The van der Waals surface area contributed by atoms with Crippen LogP contribution in [0.5, 0.6) is 0 Å². The van der Waals surface area contributed by atoms with Crippen LogP contribution in [0.2, 0.25) is 0 Å². The summed E-state index contributed by atoms with van der Waals surface area (Å²) >= 11 is 0. The van der Waals surface area contributed by atoms with Gasteiger partial charge in [-0.1, -0.05) is 146 Å². The first-order valence-corrected chi connectivity index (χ1v) is 15.5. The summed E-state index contributed by atoms with van der Waals surface area (Å²) < 4.78 is 0. The Balaban J connectivity index is 1.31. The van der Waals surface area contributed by atoms with Crippen molar-refractivity contribution < 1.29 is 0 Å².